The molecule has 1 aliphatic rings. The number of aromatic nitrogens is 5. The quantitative estimate of drug-likeness (QED) is 0.681. The van der Waals surface area contributed by atoms with Gasteiger partial charge in [0.05, 0.1) is 35.0 Å². The highest BCUT2D eigenvalue weighted by Gasteiger charge is 2.40. The Kier molecular flexibility index (Phi) is 3.91. The molecule has 0 spiro atoms. The molecule has 142 valence electrons. The van der Waals surface area contributed by atoms with Crippen LogP contribution in [-0.2, 0) is 12.7 Å². The Bertz CT molecular complexity index is 1060. The number of imidazole rings is 2. The van der Waals surface area contributed by atoms with E-state index in [2.05, 4.69) is 19.9 Å². The zero-order valence-electron chi connectivity index (χ0n) is 14.3. The molecule has 1 amide bonds. The van der Waals surface area contributed by atoms with E-state index in [-0.39, 0.29) is 18.9 Å². The first-order chi connectivity index (χ1) is 12.7. The molecule has 4 rings (SSSR count). The highest BCUT2D eigenvalue weighted by molar-refractivity contribution is 6.31. The first-order valence-corrected chi connectivity index (χ1v) is 8.48. The average molecular weight is 399 g/mol. The molecule has 1 aliphatic heterocycles. The summed E-state index contributed by atoms with van der Waals surface area (Å²) < 4.78 is 40.4. The summed E-state index contributed by atoms with van der Waals surface area (Å²) in [5, 5.41) is 0.445. The van der Waals surface area contributed by atoms with E-state index in [9.17, 15) is 18.0 Å². The van der Waals surface area contributed by atoms with Crippen LogP contribution < -0.4 is 0 Å². The predicted octanol–water partition coefficient (Wildman–Crippen LogP) is 3.35. The van der Waals surface area contributed by atoms with E-state index in [1.54, 1.807) is 13.8 Å². The highest BCUT2D eigenvalue weighted by atomic mass is 35.5. The standard InChI is InChI=1S/C16H14ClF3N6O/c1-7-5-25(6-9-3-22-15(26(7)9)16(18,19)20)14(27)13-23-11-8(2)10(17)4-21-12(11)24-13/h3-4,7H,5-6H2,1-2H3,(H,21,23,24). The fourth-order valence-corrected chi connectivity index (χ4v) is 3.48. The molecule has 4 heterocycles. The smallest absolute Gasteiger partial charge is 0.332 e. The summed E-state index contributed by atoms with van der Waals surface area (Å²) in [6, 6.07) is -0.574. The third-order valence-electron chi connectivity index (χ3n) is 4.61. The summed E-state index contributed by atoms with van der Waals surface area (Å²) in [5.41, 5.74) is 1.95. The number of nitrogens with one attached hydrogen (secondary N) is 1. The summed E-state index contributed by atoms with van der Waals surface area (Å²) in [6.07, 6.45) is -1.93. The molecule has 0 saturated carbocycles. The van der Waals surface area contributed by atoms with Crippen molar-refractivity contribution >= 4 is 28.7 Å². The van der Waals surface area contributed by atoms with Crippen molar-refractivity contribution in [2.75, 3.05) is 6.54 Å². The molecule has 11 heteroatoms. The van der Waals surface area contributed by atoms with E-state index in [1.165, 1.54) is 11.1 Å². The Balaban J connectivity index is 1.66. The molecule has 0 aromatic carbocycles. The van der Waals surface area contributed by atoms with Crippen molar-refractivity contribution in [1.29, 1.82) is 0 Å². The van der Waals surface area contributed by atoms with Crippen LogP contribution >= 0.6 is 11.6 Å². The van der Waals surface area contributed by atoms with Gasteiger partial charge in [0.1, 0.15) is 0 Å². The van der Waals surface area contributed by atoms with Gasteiger partial charge in [-0.25, -0.2) is 15.0 Å². The zero-order chi connectivity index (χ0) is 19.5. The molecule has 0 saturated heterocycles. The number of rotatable bonds is 1. The van der Waals surface area contributed by atoms with Gasteiger partial charge in [0.25, 0.3) is 5.91 Å². The Labute approximate surface area is 156 Å². The molecule has 0 bridgehead atoms. The van der Waals surface area contributed by atoms with Gasteiger partial charge in [-0.3, -0.25) is 4.79 Å². The number of pyridine rings is 1. The Morgan fingerprint density at radius 3 is 2.78 bits per heavy atom. The van der Waals surface area contributed by atoms with Gasteiger partial charge in [-0.05, 0) is 19.4 Å². The van der Waals surface area contributed by atoms with Crippen LogP contribution in [0.1, 0.15) is 40.7 Å². The lowest BCUT2D eigenvalue weighted by molar-refractivity contribution is -0.148. The minimum absolute atomic E-state index is 0.0104. The molecule has 0 fully saturated rings. The van der Waals surface area contributed by atoms with Crippen LogP contribution in [0.5, 0.6) is 0 Å². The van der Waals surface area contributed by atoms with Crippen molar-refractivity contribution in [3.8, 4) is 0 Å². The second kappa shape index (κ2) is 5.95. The molecule has 0 aliphatic carbocycles. The van der Waals surface area contributed by atoms with Gasteiger partial charge in [0.15, 0.2) is 11.5 Å². The van der Waals surface area contributed by atoms with Crippen LogP contribution in [0, 0.1) is 6.92 Å². The Hall–Kier alpha value is -2.62. The summed E-state index contributed by atoms with van der Waals surface area (Å²) in [6.45, 7) is 3.51. The maximum absolute atomic E-state index is 13.1. The number of nitrogens with zero attached hydrogens (tertiary/aromatic N) is 5. The van der Waals surface area contributed by atoms with Gasteiger partial charge < -0.3 is 14.5 Å². The van der Waals surface area contributed by atoms with E-state index >= 15 is 0 Å². The van der Waals surface area contributed by atoms with Gasteiger partial charge in [-0.2, -0.15) is 13.2 Å². The average Bonchev–Trinajstić information content (AvgIpc) is 3.22. The van der Waals surface area contributed by atoms with Crippen molar-refractivity contribution in [1.82, 2.24) is 29.4 Å². The lowest BCUT2D eigenvalue weighted by atomic mass is 10.2. The van der Waals surface area contributed by atoms with E-state index in [0.717, 1.165) is 10.8 Å². The molecule has 3 aromatic rings. The van der Waals surface area contributed by atoms with Crippen molar-refractivity contribution < 1.29 is 18.0 Å². The number of halogens is 4. The van der Waals surface area contributed by atoms with Crippen LogP contribution in [0.3, 0.4) is 0 Å². The van der Waals surface area contributed by atoms with Crippen LogP contribution in [0.4, 0.5) is 13.2 Å². The number of fused-ring (bicyclic) bond motifs is 2. The monoisotopic (exact) mass is 398 g/mol. The van der Waals surface area contributed by atoms with Crippen LogP contribution in [0.15, 0.2) is 12.4 Å². The van der Waals surface area contributed by atoms with E-state index in [1.807, 2.05) is 0 Å². The number of amides is 1. The van der Waals surface area contributed by atoms with Gasteiger partial charge >= 0.3 is 6.18 Å². The van der Waals surface area contributed by atoms with Crippen molar-refractivity contribution in [2.24, 2.45) is 0 Å². The van der Waals surface area contributed by atoms with Crippen molar-refractivity contribution in [3.63, 3.8) is 0 Å². The fourth-order valence-electron chi connectivity index (χ4n) is 3.33. The Morgan fingerprint density at radius 1 is 1.33 bits per heavy atom. The first kappa shape index (κ1) is 17.8. The number of hydrogen-bond donors (Lipinski definition) is 1. The third-order valence-corrected chi connectivity index (χ3v) is 4.99. The number of aromatic amines is 1. The SMILES string of the molecule is Cc1c(Cl)cnc2nc(C(=O)N3Cc4cnc(C(F)(F)F)n4C(C)C3)[nH]c12. The molecule has 1 N–H and O–H groups in total. The second-order valence-corrected chi connectivity index (χ2v) is 6.90. The second-order valence-electron chi connectivity index (χ2n) is 6.49. The molecule has 1 atom stereocenters. The summed E-state index contributed by atoms with van der Waals surface area (Å²) in [7, 11) is 0. The number of alkyl halides is 3. The molecule has 1 unspecified atom stereocenters. The van der Waals surface area contributed by atoms with Gasteiger partial charge in [0.2, 0.25) is 5.82 Å². The van der Waals surface area contributed by atoms with Crippen molar-refractivity contribution in [3.05, 3.63) is 40.3 Å². The predicted molar refractivity (Wildman–Crippen MR) is 90.3 cm³/mol. The molecule has 3 aromatic heterocycles. The molecule has 0 radical (unpaired) electrons. The number of aryl methyl sites for hydroxylation is 1. The third kappa shape index (κ3) is 2.84. The van der Waals surface area contributed by atoms with Gasteiger partial charge in [-0.15, -0.1) is 0 Å². The summed E-state index contributed by atoms with van der Waals surface area (Å²) >= 11 is 6.03. The number of H-pyrrole nitrogens is 1. The molecule has 7 nitrogen and oxygen atoms in total. The fraction of sp³-hybridized carbons (Fsp3) is 0.375. The van der Waals surface area contributed by atoms with Crippen LogP contribution in [-0.4, -0.2) is 41.9 Å². The normalized spacial score (nSPS) is 17.4. The topological polar surface area (TPSA) is 79.7 Å². The zero-order valence-corrected chi connectivity index (χ0v) is 15.1. The Morgan fingerprint density at radius 2 is 2.07 bits per heavy atom. The lowest BCUT2D eigenvalue weighted by Gasteiger charge is -2.33. The number of carbonyl (C=O) groups excluding carboxylic acids is 1. The number of carbonyl (C=O) groups is 1. The van der Waals surface area contributed by atoms with Crippen molar-refractivity contribution in [2.45, 2.75) is 32.6 Å². The molecule has 27 heavy (non-hydrogen) atoms. The van der Waals surface area contributed by atoms with E-state index in [0.29, 0.717) is 27.4 Å². The highest BCUT2D eigenvalue weighted by Crippen LogP contribution is 2.34. The molecular weight excluding hydrogens is 385 g/mol. The maximum atomic E-state index is 13.1. The lowest BCUT2D eigenvalue weighted by Crippen LogP contribution is -2.41. The van der Waals surface area contributed by atoms with Crippen LogP contribution in [0.2, 0.25) is 5.02 Å². The van der Waals surface area contributed by atoms with E-state index in [4.69, 9.17) is 11.6 Å². The summed E-state index contributed by atoms with van der Waals surface area (Å²) in [5.74, 6) is -1.30. The van der Waals surface area contributed by atoms with E-state index < -0.39 is 23.9 Å². The first-order valence-electron chi connectivity index (χ1n) is 8.10. The minimum Gasteiger partial charge on any atom is -0.332 e. The maximum Gasteiger partial charge on any atom is 0.449 e. The summed E-state index contributed by atoms with van der Waals surface area (Å²) in [4.78, 5) is 29.0. The van der Waals surface area contributed by atoms with Crippen LogP contribution in [0.25, 0.3) is 11.2 Å². The van der Waals surface area contributed by atoms with Gasteiger partial charge in [-0.1, -0.05) is 11.6 Å². The van der Waals surface area contributed by atoms with Gasteiger partial charge in [0, 0.05) is 12.7 Å². The minimum atomic E-state index is -4.54. The molecular formula is C16H14ClF3N6O. The largest absolute Gasteiger partial charge is 0.449 e. The number of hydrogen-bond acceptors (Lipinski definition) is 4.